The van der Waals surface area contributed by atoms with Crippen LogP contribution in [0.15, 0.2) is 12.5 Å². The van der Waals surface area contributed by atoms with Crippen LogP contribution < -0.4 is 0 Å². The summed E-state index contributed by atoms with van der Waals surface area (Å²) in [6, 6.07) is 0. The van der Waals surface area contributed by atoms with Gasteiger partial charge in [-0.3, -0.25) is 5.10 Å². The monoisotopic (exact) mass is 162 g/mol. The van der Waals surface area contributed by atoms with Crippen molar-refractivity contribution in [2.45, 2.75) is 19.8 Å². The third-order valence-electron chi connectivity index (χ3n) is 1.83. The number of nitrogens with one attached hydrogen (secondary N) is 1. The Morgan fingerprint density at radius 3 is 2.92 bits per heavy atom. The maximum absolute atomic E-state index is 4.21. The van der Waals surface area contributed by atoms with E-state index in [1.54, 1.807) is 12.5 Å². The number of aromatic nitrogens is 4. The highest BCUT2D eigenvalue weighted by molar-refractivity contribution is 5.76. The summed E-state index contributed by atoms with van der Waals surface area (Å²) in [5, 5.41) is 7.75. The lowest BCUT2D eigenvalue weighted by Gasteiger charge is -2.02. The minimum Gasteiger partial charge on any atom is -0.261 e. The van der Waals surface area contributed by atoms with Gasteiger partial charge < -0.3 is 0 Å². The second-order valence-corrected chi connectivity index (χ2v) is 3.05. The van der Waals surface area contributed by atoms with Crippen molar-refractivity contribution in [2.24, 2.45) is 0 Å². The smallest absolute Gasteiger partial charge is 0.158 e. The Morgan fingerprint density at radius 2 is 2.17 bits per heavy atom. The summed E-state index contributed by atoms with van der Waals surface area (Å²) in [6.07, 6.45) is 3.33. The molecule has 0 aliphatic carbocycles. The van der Waals surface area contributed by atoms with Crippen LogP contribution in [0.5, 0.6) is 0 Å². The molecule has 62 valence electrons. The molecule has 4 heteroatoms. The van der Waals surface area contributed by atoms with Gasteiger partial charge in [0.1, 0.15) is 6.33 Å². The molecule has 0 radical (unpaired) electrons. The number of rotatable bonds is 1. The Morgan fingerprint density at radius 1 is 1.33 bits per heavy atom. The fourth-order valence-electron chi connectivity index (χ4n) is 1.24. The molecule has 1 N–H and O–H groups in total. The summed E-state index contributed by atoms with van der Waals surface area (Å²) in [5.74, 6) is 0.410. The van der Waals surface area contributed by atoms with E-state index in [9.17, 15) is 0 Å². The molecule has 2 rings (SSSR count). The van der Waals surface area contributed by atoms with Crippen molar-refractivity contribution < 1.29 is 0 Å². The van der Waals surface area contributed by atoms with Crippen molar-refractivity contribution in [3.63, 3.8) is 0 Å². The van der Waals surface area contributed by atoms with Gasteiger partial charge >= 0.3 is 0 Å². The van der Waals surface area contributed by atoms with Crippen molar-refractivity contribution in [2.75, 3.05) is 0 Å². The first kappa shape index (κ1) is 7.21. The van der Waals surface area contributed by atoms with E-state index < -0.39 is 0 Å². The molecule has 0 saturated carbocycles. The largest absolute Gasteiger partial charge is 0.261 e. The van der Waals surface area contributed by atoms with Crippen LogP contribution in [0.25, 0.3) is 11.0 Å². The molecule has 0 spiro atoms. The molecule has 0 aromatic carbocycles. The first-order valence-electron chi connectivity index (χ1n) is 3.93. The van der Waals surface area contributed by atoms with Crippen molar-refractivity contribution in [3.8, 4) is 0 Å². The van der Waals surface area contributed by atoms with E-state index in [4.69, 9.17) is 0 Å². The summed E-state index contributed by atoms with van der Waals surface area (Å²) in [7, 11) is 0. The summed E-state index contributed by atoms with van der Waals surface area (Å²) < 4.78 is 0. The second-order valence-electron chi connectivity index (χ2n) is 3.05. The zero-order valence-electron chi connectivity index (χ0n) is 7.07. The average Bonchev–Trinajstić information content (AvgIpc) is 2.49. The molecule has 4 nitrogen and oxygen atoms in total. The minimum absolute atomic E-state index is 0.410. The molecular weight excluding hydrogens is 152 g/mol. The predicted octanol–water partition coefficient (Wildman–Crippen LogP) is 1.48. The molecule has 0 aliphatic heterocycles. The molecule has 0 fully saturated rings. The van der Waals surface area contributed by atoms with E-state index in [0.717, 1.165) is 16.7 Å². The fourth-order valence-corrected chi connectivity index (χ4v) is 1.24. The van der Waals surface area contributed by atoms with E-state index in [-0.39, 0.29) is 0 Å². The van der Waals surface area contributed by atoms with E-state index in [2.05, 4.69) is 34.0 Å². The fraction of sp³-hybridized carbons (Fsp3) is 0.375. The van der Waals surface area contributed by atoms with Gasteiger partial charge in [0.25, 0.3) is 0 Å². The zero-order chi connectivity index (χ0) is 8.55. The van der Waals surface area contributed by atoms with Gasteiger partial charge in [-0.15, -0.1) is 0 Å². The Hall–Kier alpha value is -1.45. The van der Waals surface area contributed by atoms with E-state index in [0.29, 0.717) is 5.92 Å². The quantitative estimate of drug-likeness (QED) is 0.690. The van der Waals surface area contributed by atoms with Crippen molar-refractivity contribution in [3.05, 3.63) is 18.2 Å². The number of nitrogens with zero attached hydrogens (tertiary/aromatic N) is 3. The number of hydrogen-bond donors (Lipinski definition) is 1. The lowest BCUT2D eigenvalue weighted by atomic mass is 10.1. The lowest BCUT2D eigenvalue weighted by Crippen LogP contribution is -1.93. The zero-order valence-corrected chi connectivity index (χ0v) is 7.07. The van der Waals surface area contributed by atoms with Gasteiger partial charge in [-0.1, -0.05) is 13.8 Å². The third kappa shape index (κ3) is 0.958. The number of H-pyrrole nitrogens is 1. The Bertz CT molecular complexity index is 391. The number of fused-ring (bicyclic) bond motifs is 1. The Balaban J connectivity index is 2.73. The van der Waals surface area contributed by atoms with Crippen molar-refractivity contribution in [1.82, 2.24) is 20.2 Å². The first-order valence-corrected chi connectivity index (χ1v) is 3.93. The molecule has 0 amide bonds. The highest BCUT2D eigenvalue weighted by Crippen LogP contribution is 2.18. The summed E-state index contributed by atoms with van der Waals surface area (Å²) in [6.45, 7) is 4.21. The third-order valence-corrected chi connectivity index (χ3v) is 1.83. The second kappa shape index (κ2) is 2.55. The molecule has 0 aliphatic rings. The van der Waals surface area contributed by atoms with Crippen molar-refractivity contribution >= 4 is 11.0 Å². The maximum atomic E-state index is 4.21. The van der Waals surface area contributed by atoms with Gasteiger partial charge in [-0.2, -0.15) is 5.10 Å². The standard InChI is InChI=1S/C8H10N4/c1-5(2)7-6-3-11-12-8(6)10-4-9-7/h3-5H,1-2H3,(H,9,10,11,12). The number of hydrogen-bond acceptors (Lipinski definition) is 3. The van der Waals surface area contributed by atoms with Gasteiger partial charge in [0.15, 0.2) is 5.65 Å². The normalized spacial score (nSPS) is 11.2. The topological polar surface area (TPSA) is 54.5 Å². The number of aromatic amines is 1. The van der Waals surface area contributed by atoms with Crippen LogP contribution in [0.2, 0.25) is 0 Å². The summed E-state index contributed by atoms with van der Waals surface area (Å²) in [4.78, 5) is 8.26. The van der Waals surface area contributed by atoms with Crippen LogP contribution >= 0.6 is 0 Å². The molecule has 0 unspecified atom stereocenters. The van der Waals surface area contributed by atoms with Crippen LogP contribution in [0.1, 0.15) is 25.5 Å². The van der Waals surface area contributed by atoms with Gasteiger partial charge in [0.05, 0.1) is 17.3 Å². The summed E-state index contributed by atoms with van der Waals surface area (Å²) in [5.41, 5.74) is 1.86. The average molecular weight is 162 g/mol. The Kier molecular flexibility index (Phi) is 1.53. The van der Waals surface area contributed by atoms with E-state index >= 15 is 0 Å². The molecule has 0 bridgehead atoms. The van der Waals surface area contributed by atoms with Gasteiger partial charge in [0, 0.05) is 0 Å². The molecule has 2 heterocycles. The predicted molar refractivity (Wildman–Crippen MR) is 45.8 cm³/mol. The van der Waals surface area contributed by atoms with Crippen LogP contribution in [0.4, 0.5) is 0 Å². The van der Waals surface area contributed by atoms with Gasteiger partial charge in [0.2, 0.25) is 0 Å². The molecule has 2 aromatic heterocycles. The highest BCUT2D eigenvalue weighted by atomic mass is 15.1. The van der Waals surface area contributed by atoms with E-state index in [1.165, 1.54) is 0 Å². The van der Waals surface area contributed by atoms with Crippen LogP contribution in [-0.4, -0.2) is 20.2 Å². The molecule has 2 aromatic rings. The molecular formula is C8H10N4. The minimum atomic E-state index is 0.410. The van der Waals surface area contributed by atoms with Gasteiger partial charge in [-0.05, 0) is 5.92 Å². The SMILES string of the molecule is CC(C)c1ncnc2[nH]ncc12. The lowest BCUT2D eigenvalue weighted by molar-refractivity contribution is 0.828. The molecule has 0 saturated heterocycles. The highest BCUT2D eigenvalue weighted by Gasteiger charge is 2.07. The van der Waals surface area contributed by atoms with Crippen LogP contribution in [0, 0.1) is 0 Å². The first-order chi connectivity index (χ1) is 5.79. The molecule has 0 atom stereocenters. The van der Waals surface area contributed by atoms with Crippen molar-refractivity contribution in [1.29, 1.82) is 0 Å². The van der Waals surface area contributed by atoms with Crippen LogP contribution in [0.3, 0.4) is 0 Å². The summed E-state index contributed by atoms with van der Waals surface area (Å²) >= 11 is 0. The molecule has 12 heavy (non-hydrogen) atoms. The Labute approximate surface area is 70.0 Å². The van der Waals surface area contributed by atoms with Gasteiger partial charge in [-0.25, -0.2) is 9.97 Å². The van der Waals surface area contributed by atoms with E-state index in [1.807, 2.05) is 0 Å². The maximum Gasteiger partial charge on any atom is 0.158 e. The van der Waals surface area contributed by atoms with Crippen LogP contribution in [-0.2, 0) is 0 Å².